The summed E-state index contributed by atoms with van der Waals surface area (Å²) in [5, 5.41) is 0. The van der Waals surface area contributed by atoms with E-state index in [2.05, 4.69) is 29.8 Å². The number of thiol groups is 1. The van der Waals surface area contributed by atoms with Crippen LogP contribution in [-0.4, -0.2) is 5.96 Å². The highest BCUT2D eigenvalue weighted by Gasteiger charge is 1.97. The van der Waals surface area contributed by atoms with Crippen LogP contribution in [0.2, 0.25) is 0 Å². The normalized spacial score (nSPS) is 10.1. The van der Waals surface area contributed by atoms with E-state index < -0.39 is 0 Å². The zero-order chi connectivity index (χ0) is 13.0. The largest absolute Gasteiger partial charge is 0.370 e. The van der Waals surface area contributed by atoms with E-state index in [1.54, 1.807) is 0 Å². The summed E-state index contributed by atoms with van der Waals surface area (Å²) in [6, 6.07) is 16.0. The fourth-order valence-electron chi connectivity index (χ4n) is 1.69. The van der Waals surface area contributed by atoms with Gasteiger partial charge in [0.1, 0.15) is 0 Å². The minimum absolute atomic E-state index is 0.0760. The number of nitrogens with zero attached hydrogens (tertiary/aromatic N) is 1. The highest BCUT2D eigenvalue weighted by atomic mass is 32.1. The smallest absolute Gasteiger partial charge is 0.191 e. The van der Waals surface area contributed by atoms with Crippen molar-refractivity contribution in [2.24, 2.45) is 16.5 Å². The predicted molar refractivity (Wildman–Crippen MR) is 78.4 cm³/mol. The lowest BCUT2D eigenvalue weighted by molar-refractivity contribution is 1.18. The number of rotatable bonds is 3. The van der Waals surface area contributed by atoms with Gasteiger partial charge in [-0.05, 0) is 41.8 Å². The van der Waals surface area contributed by atoms with Gasteiger partial charge in [-0.15, -0.1) is 12.6 Å². The number of hydrogen-bond donors (Lipinski definition) is 3. The van der Waals surface area contributed by atoms with Crippen molar-refractivity contribution < 1.29 is 0 Å². The molecule has 0 fully saturated rings. The number of aliphatic imine (C=N–C) groups is 1. The fraction of sp³-hybridized carbons (Fsp3) is 0.0714. The van der Waals surface area contributed by atoms with Gasteiger partial charge in [0.2, 0.25) is 0 Å². The van der Waals surface area contributed by atoms with Gasteiger partial charge < -0.3 is 11.5 Å². The van der Waals surface area contributed by atoms with Crippen LogP contribution in [0.5, 0.6) is 0 Å². The van der Waals surface area contributed by atoms with Crippen LogP contribution in [-0.2, 0) is 6.42 Å². The van der Waals surface area contributed by atoms with Crippen LogP contribution in [0.1, 0.15) is 11.1 Å². The fourth-order valence-corrected chi connectivity index (χ4v) is 1.84. The maximum atomic E-state index is 5.32. The molecule has 0 heterocycles. The van der Waals surface area contributed by atoms with E-state index in [-0.39, 0.29) is 5.96 Å². The van der Waals surface area contributed by atoms with Crippen LogP contribution in [0.4, 0.5) is 5.69 Å². The van der Waals surface area contributed by atoms with Crippen LogP contribution < -0.4 is 11.5 Å². The standard InChI is InChI=1S/C14H15N3S/c15-14(16)17-12-5-1-10(2-6-12)9-11-3-7-13(18)8-4-11/h1-8,18H,9H2,(H4,15,16,17). The number of guanidine groups is 1. The van der Waals surface area contributed by atoms with Crippen LogP contribution >= 0.6 is 12.6 Å². The van der Waals surface area contributed by atoms with E-state index >= 15 is 0 Å². The maximum Gasteiger partial charge on any atom is 0.191 e. The molecule has 0 saturated carbocycles. The molecule has 0 spiro atoms. The van der Waals surface area contributed by atoms with Crippen molar-refractivity contribution >= 4 is 24.3 Å². The number of benzene rings is 2. The molecule has 0 aliphatic rings. The quantitative estimate of drug-likeness (QED) is 0.449. The van der Waals surface area contributed by atoms with E-state index in [1.165, 1.54) is 11.1 Å². The van der Waals surface area contributed by atoms with Gasteiger partial charge in [0.05, 0.1) is 5.69 Å². The van der Waals surface area contributed by atoms with Gasteiger partial charge in [-0.1, -0.05) is 24.3 Å². The molecule has 2 aromatic rings. The summed E-state index contributed by atoms with van der Waals surface area (Å²) >= 11 is 4.26. The Kier molecular flexibility index (Phi) is 3.89. The molecule has 0 aromatic heterocycles. The zero-order valence-electron chi connectivity index (χ0n) is 9.88. The van der Waals surface area contributed by atoms with E-state index in [9.17, 15) is 0 Å². The Morgan fingerprint density at radius 1 is 0.889 bits per heavy atom. The molecular weight excluding hydrogens is 242 g/mol. The Morgan fingerprint density at radius 2 is 1.39 bits per heavy atom. The lowest BCUT2D eigenvalue weighted by Crippen LogP contribution is -2.21. The minimum Gasteiger partial charge on any atom is -0.370 e. The second-order valence-corrected chi connectivity index (χ2v) is 4.56. The summed E-state index contributed by atoms with van der Waals surface area (Å²) in [6.07, 6.45) is 0.885. The summed E-state index contributed by atoms with van der Waals surface area (Å²) < 4.78 is 0. The van der Waals surface area contributed by atoms with Crippen molar-refractivity contribution in [1.82, 2.24) is 0 Å². The van der Waals surface area contributed by atoms with Crippen molar-refractivity contribution in [2.75, 3.05) is 0 Å². The predicted octanol–water partition coefficient (Wildman–Crippen LogP) is 2.47. The Morgan fingerprint density at radius 3 is 1.89 bits per heavy atom. The molecule has 92 valence electrons. The lowest BCUT2D eigenvalue weighted by atomic mass is 10.0. The lowest BCUT2D eigenvalue weighted by Gasteiger charge is -2.03. The first kappa shape index (κ1) is 12.5. The third kappa shape index (κ3) is 3.53. The molecule has 0 radical (unpaired) electrons. The van der Waals surface area contributed by atoms with Crippen LogP contribution in [0.25, 0.3) is 0 Å². The Bertz CT molecular complexity index is 540. The summed E-state index contributed by atoms with van der Waals surface area (Å²) in [6.45, 7) is 0. The van der Waals surface area contributed by atoms with Gasteiger partial charge in [-0.3, -0.25) is 0 Å². The van der Waals surface area contributed by atoms with Crippen LogP contribution in [0, 0.1) is 0 Å². The van der Waals surface area contributed by atoms with Gasteiger partial charge in [0.15, 0.2) is 5.96 Å². The Balaban J connectivity index is 2.11. The van der Waals surface area contributed by atoms with Gasteiger partial charge in [-0.2, -0.15) is 0 Å². The molecule has 3 nitrogen and oxygen atoms in total. The molecule has 2 rings (SSSR count). The molecule has 0 bridgehead atoms. The van der Waals surface area contributed by atoms with Gasteiger partial charge in [0, 0.05) is 4.90 Å². The van der Waals surface area contributed by atoms with E-state index in [0.717, 1.165) is 17.0 Å². The first-order chi connectivity index (χ1) is 8.63. The average Bonchev–Trinajstić information content (AvgIpc) is 2.34. The molecule has 0 amide bonds. The van der Waals surface area contributed by atoms with Crippen LogP contribution in [0.3, 0.4) is 0 Å². The van der Waals surface area contributed by atoms with Gasteiger partial charge in [0.25, 0.3) is 0 Å². The molecule has 0 unspecified atom stereocenters. The molecule has 0 saturated heterocycles. The van der Waals surface area contributed by atoms with Crippen molar-refractivity contribution in [3.8, 4) is 0 Å². The SMILES string of the molecule is NC(N)=Nc1ccc(Cc2ccc(S)cc2)cc1. The number of hydrogen-bond acceptors (Lipinski definition) is 2. The number of nitrogens with two attached hydrogens (primary N) is 2. The van der Waals surface area contributed by atoms with Crippen molar-refractivity contribution in [3.63, 3.8) is 0 Å². The van der Waals surface area contributed by atoms with Crippen LogP contribution in [0.15, 0.2) is 58.4 Å². The topological polar surface area (TPSA) is 64.4 Å². The highest BCUT2D eigenvalue weighted by molar-refractivity contribution is 7.80. The second-order valence-electron chi connectivity index (χ2n) is 4.05. The Labute approximate surface area is 112 Å². The van der Waals surface area contributed by atoms with Gasteiger partial charge in [-0.25, -0.2) is 4.99 Å². The van der Waals surface area contributed by atoms with E-state index in [4.69, 9.17) is 11.5 Å². The summed E-state index contributed by atoms with van der Waals surface area (Å²) in [4.78, 5) is 4.96. The molecular formula is C14H15N3S. The Hall–Kier alpha value is -1.94. The monoisotopic (exact) mass is 257 g/mol. The summed E-state index contributed by atoms with van der Waals surface area (Å²) in [5.41, 5.74) is 13.9. The summed E-state index contributed by atoms with van der Waals surface area (Å²) in [7, 11) is 0. The molecule has 0 aliphatic heterocycles. The average molecular weight is 257 g/mol. The van der Waals surface area contributed by atoms with E-state index in [0.29, 0.717) is 0 Å². The molecule has 4 heteroatoms. The van der Waals surface area contributed by atoms with Crippen molar-refractivity contribution in [2.45, 2.75) is 11.3 Å². The minimum atomic E-state index is 0.0760. The molecule has 0 aliphatic carbocycles. The zero-order valence-corrected chi connectivity index (χ0v) is 10.8. The molecule has 2 aromatic carbocycles. The second kappa shape index (κ2) is 5.60. The van der Waals surface area contributed by atoms with E-state index in [1.807, 2.05) is 36.4 Å². The molecule has 4 N–H and O–H groups in total. The molecule has 0 atom stereocenters. The first-order valence-electron chi connectivity index (χ1n) is 5.60. The third-order valence-electron chi connectivity index (χ3n) is 2.54. The van der Waals surface area contributed by atoms with Gasteiger partial charge >= 0.3 is 0 Å². The highest BCUT2D eigenvalue weighted by Crippen LogP contribution is 2.16. The van der Waals surface area contributed by atoms with Crippen molar-refractivity contribution in [3.05, 3.63) is 59.7 Å². The van der Waals surface area contributed by atoms with Crippen molar-refractivity contribution in [1.29, 1.82) is 0 Å². The molecule has 18 heavy (non-hydrogen) atoms. The third-order valence-corrected chi connectivity index (χ3v) is 2.84. The first-order valence-corrected chi connectivity index (χ1v) is 6.05. The maximum absolute atomic E-state index is 5.32. The summed E-state index contributed by atoms with van der Waals surface area (Å²) in [5.74, 6) is 0.0760.